The number of aromatic nitrogens is 1. The topological polar surface area (TPSA) is 60.3 Å². The fourth-order valence-electron chi connectivity index (χ4n) is 1.75. The largest absolute Gasteiger partial charge is 0.464 e. The Morgan fingerprint density at radius 3 is 3.00 bits per heavy atom. The van der Waals surface area contributed by atoms with E-state index in [0.717, 1.165) is 4.47 Å². The molecule has 7 heteroatoms. The maximum Gasteiger partial charge on any atom is 0.330 e. The number of hydrogen-bond acceptors (Lipinski definition) is 3. The number of hydrogen-bond donors (Lipinski definition) is 1. The highest BCUT2D eigenvalue weighted by atomic mass is 79.9. The Kier molecular flexibility index (Phi) is 3.58. The molecule has 1 amide bonds. The molecule has 0 bridgehead atoms. The molecular weight excluding hydrogens is 356 g/mol. The van der Waals surface area contributed by atoms with E-state index in [1.165, 1.54) is 0 Å². The maximum atomic E-state index is 11.8. The van der Waals surface area contributed by atoms with Crippen molar-refractivity contribution in [3.8, 4) is 0 Å². The summed E-state index contributed by atoms with van der Waals surface area (Å²) < 4.78 is 8.03. The van der Waals surface area contributed by atoms with Crippen molar-refractivity contribution in [1.29, 1.82) is 0 Å². The normalized spacial score (nSPS) is 18.5. The number of carbonyl (C=O) groups is 2. The van der Waals surface area contributed by atoms with E-state index in [0.29, 0.717) is 16.9 Å². The number of ether oxygens (including phenoxy) is 1. The van der Waals surface area contributed by atoms with Crippen molar-refractivity contribution in [3.63, 3.8) is 0 Å². The Morgan fingerprint density at radius 2 is 2.35 bits per heavy atom. The Morgan fingerprint density at radius 1 is 1.65 bits per heavy atom. The molecule has 1 N–H and O–H groups in total. The second-order valence-corrected chi connectivity index (χ2v) is 5.12. The highest BCUT2D eigenvalue weighted by Gasteiger charge is 2.33. The van der Waals surface area contributed by atoms with E-state index in [1.807, 2.05) is 0 Å². The first kappa shape index (κ1) is 12.6. The lowest BCUT2D eigenvalue weighted by Gasteiger charge is -2.25. The van der Waals surface area contributed by atoms with Gasteiger partial charge in [-0.05, 0) is 44.8 Å². The average molecular weight is 366 g/mol. The van der Waals surface area contributed by atoms with E-state index >= 15 is 0 Å². The second-order valence-electron chi connectivity index (χ2n) is 3.52. The molecule has 0 saturated heterocycles. The molecule has 1 aliphatic heterocycles. The number of nitrogens with zero attached hydrogens (tertiary/aromatic N) is 1. The van der Waals surface area contributed by atoms with Crippen molar-refractivity contribution in [2.75, 3.05) is 13.2 Å². The van der Waals surface area contributed by atoms with E-state index in [1.54, 1.807) is 17.6 Å². The van der Waals surface area contributed by atoms with Crippen molar-refractivity contribution in [2.45, 2.75) is 13.0 Å². The fourth-order valence-corrected chi connectivity index (χ4v) is 2.71. The van der Waals surface area contributed by atoms with Crippen LogP contribution in [0.25, 0.3) is 0 Å². The van der Waals surface area contributed by atoms with Gasteiger partial charge in [-0.15, -0.1) is 0 Å². The van der Waals surface area contributed by atoms with E-state index in [-0.39, 0.29) is 18.4 Å². The Bertz CT molecular complexity index is 484. The summed E-state index contributed by atoms with van der Waals surface area (Å²) in [5.41, 5.74) is 0.438. The van der Waals surface area contributed by atoms with Gasteiger partial charge in [-0.3, -0.25) is 4.79 Å². The van der Waals surface area contributed by atoms with Gasteiger partial charge < -0.3 is 14.6 Å². The van der Waals surface area contributed by atoms with Crippen molar-refractivity contribution >= 4 is 43.7 Å². The minimum atomic E-state index is -0.525. The van der Waals surface area contributed by atoms with Crippen molar-refractivity contribution in [2.24, 2.45) is 0 Å². The lowest BCUT2D eigenvalue weighted by Crippen LogP contribution is -2.42. The predicted octanol–water partition coefficient (Wildman–Crippen LogP) is 1.86. The molecule has 0 fully saturated rings. The number of carbonyl (C=O) groups excluding carboxylic acids is 2. The highest BCUT2D eigenvalue weighted by molar-refractivity contribution is 9.13. The number of amides is 1. The zero-order valence-corrected chi connectivity index (χ0v) is 12.2. The summed E-state index contributed by atoms with van der Waals surface area (Å²) >= 11 is 6.67. The van der Waals surface area contributed by atoms with Crippen LogP contribution in [-0.2, 0) is 9.53 Å². The zero-order valence-electron chi connectivity index (χ0n) is 9.00. The van der Waals surface area contributed by atoms with Crippen LogP contribution in [-0.4, -0.2) is 29.6 Å². The maximum absolute atomic E-state index is 11.8. The molecule has 1 aromatic heterocycles. The highest BCUT2D eigenvalue weighted by Crippen LogP contribution is 2.32. The lowest BCUT2D eigenvalue weighted by molar-refractivity contribution is -0.147. The van der Waals surface area contributed by atoms with Crippen LogP contribution < -0.4 is 5.32 Å². The van der Waals surface area contributed by atoms with Crippen molar-refractivity contribution in [3.05, 3.63) is 20.8 Å². The second kappa shape index (κ2) is 4.81. The van der Waals surface area contributed by atoms with E-state index in [4.69, 9.17) is 4.74 Å². The van der Waals surface area contributed by atoms with Gasteiger partial charge in [0.05, 0.1) is 11.1 Å². The summed E-state index contributed by atoms with van der Waals surface area (Å²) in [6.07, 6.45) is 0. The molecule has 1 aliphatic rings. The standard InChI is InChI=1S/C10H10Br2N2O3/c1-2-17-10(16)7-4-13-9(15)6-3-5(11)8(12)14(6)7/h3,7H,2,4H2,1H3,(H,13,15)/t7-/m0/s1. The van der Waals surface area contributed by atoms with Gasteiger partial charge in [0.2, 0.25) is 0 Å². The smallest absolute Gasteiger partial charge is 0.330 e. The Hall–Kier alpha value is -0.820. The molecule has 2 rings (SSSR count). The van der Waals surface area contributed by atoms with Crippen LogP contribution in [0.15, 0.2) is 15.1 Å². The van der Waals surface area contributed by atoms with Crippen LogP contribution in [0, 0.1) is 0 Å². The van der Waals surface area contributed by atoms with Crippen LogP contribution in [0.3, 0.4) is 0 Å². The minimum Gasteiger partial charge on any atom is -0.464 e. The van der Waals surface area contributed by atoms with Gasteiger partial charge in [0.25, 0.3) is 5.91 Å². The molecule has 17 heavy (non-hydrogen) atoms. The summed E-state index contributed by atoms with van der Waals surface area (Å²) in [5.74, 6) is -0.547. The summed E-state index contributed by atoms with van der Waals surface area (Å²) in [6, 6.07) is 1.15. The molecule has 92 valence electrons. The molecule has 5 nitrogen and oxygen atoms in total. The third-order valence-corrected chi connectivity index (χ3v) is 4.44. The average Bonchev–Trinajstić information content (AvgIpc) is 2.58. The molecule has 0 aliphatic carbocycles. The van der Waals surface area contributed by atoms with Gasteiger partial charge in [0.15, 0.2) is 0 Å². The lowest BCUT2D eigenvalue weighted by atomic mass is 10.2. The van der Waals surface area contributed by atoms with Gasteiger partial charge in [-0.2, -0.15) is 0 Å². The van der Waals surface area contributed by atoms with Gasteiger partial charge >= 0.3 is 5.97 Å². The summed E-state index contributed by atoms with van der Waals surface area (Å²) in [7, 11) is 0. The Balaban J connectivity index is 2.44. The molecule has 0 spiro atoms. The first-order valence-corrected chi connectivity index (χ1v) is 6.66. The molecule has 0 radical (unpaired) electrons. The van der Waals surface area contributed by atoms with E-state index in [9.17, 15) is 9.59 Å². The van der Waals surface area contributed by atoms with E-state index < -0.39 is 6.04 Å². The summed E-state index contributed by atoms with van der Waals surface area (Å²) in [4.78, 5) is 23.4. The van der Waals surface area contributed by atoms with Gasteiger partial charge in [0.1, 0.15) is 16.3 Å². The SMILES string of the molecule is CCOC(=O)[C@@H]1CNC(=O)c2cc(Br)c(Br)n21. The molecule has 2 heterocycles. The van der Waals surface area contributed by atoms with Crippen LogP contribution in [0.4, 0.5) is 0 Å². The monoisotopic (exact) mass is 364 g/mol. The van der Waals surface area contributed by atoms with Crippen LogP contribution in [0.2, 0.25) is 0 Å². The Labute approximate surface area is 115 Å². The van der Waals surface area contributed by atoms with E-state index in [2.05, 4.69) is 37.2 Å². The van der Waals surface area contributed by atoms with Gasteiger partial charge in [-0.1, -0.05) is 0 Å². The minimum absolute atomic E-state index is 0.197. The van der Waals surface area contributed by atoms with Crippen LogP contribution in [0.1, 0.15) is 23.5 Å². The molecular formula is C10H10Br2N2O3. The summed E-state index contributed by atoms with van der Waals surface area (Å²) in [5, 5.41) is 2.67. The van der Waals surface area contributed by atoms with Gasteiger partial charge in [0, 0.05) is 6.54 Å². The van der Waals surface area contributed by atoms with Crippen molar-refractivity contribution < 1.29 is 14.3 Å². The molecule has 1 aromatic rings. The predicted molar refractivity (Wildman–Crippen MR) is 67.8 cm³/mol. The fraction of sp³-hybridized carbons (Fsp3) is 0.400. The number of esters is 1. The number of fused-ring (bicyclic) bond motifs is 1. The molecule has 1 atom stereocenters. The molecule has 0 saturated carbocycles. The first-order valence-electron chi connectivity index (χ1n) is 5.07. The zero-order chi connectivity index (χ0) is 12.6. The third-order valence-electron chi connectivity index (χ3n) is 2.49. The summed E-state index contributed by atoms with van der Waals surface area (Å²) in [6.45, 7) is 2.31. The van der Waals surface area contributed by atoms with Crippen molar-refractivity contribution in [1.82, 2.24) is 9.88 Å². The molecule has 0 unspecified atom stereocenters. The quantitative estimate of drug-likeness (QED) is 0.814. The van der Waals surface area contributed by atoms with Crippen LogP contribution >= 0.6 is 31.9 Å². The first-order chi connectivity index (χ1) is 8.06. The third kappa shape index (κ3) is 2.13. The van der Waals surface area contributed by atoms with Gasteiger partial charge in [-0.25, -0.2) is 4.79 Å². The number of rotatable bonds is 2. The number of nitrogens with one attached hydrogen (secondary N) is 1. The molecule has 0 aromatic carbocycles. The number of halogens is 2. The van der Waals surface area contributed by atoms with Crippen LogP contribution in [0.5, 0.6) is 0 Å².